The molecule has 6 nitrogen and oxygen atoms in total. The number of aryl methyl sites for hydroxylation is 1. The number of nitrogens with zero attached hydrogens (tertiary/aromatic N) is 1. The Kier molecular flexibility index (Phi) is 7.33. The van der Waals surface area contributed by atoms with Gasteiger partial charge in [0.15, 0.2) is 11.5 Å². The fraction of sp³-hybridized carbons (Fsp3) is 0.185. The van der Waals surface area contributed by atoms with Gasteiger partial charge in [-0.3, -0.25) is 9.69 Å². The summed E-state index contributed by atoms with van der Waals surface area (Å²) in [7, 11) is 0. The van der Waals surface area contributed by atoms with Gasteiger partial charge in [-0.2, -0.15) is 0 Å². The second kappa shape index (κ2) is 10.6. The van der Waals surface area contributed by atoms with Gasteiger partial charge >= 0.3 is 6.03 Å². The number of hydrogen-bond donors (Lipinski definition) is 1. The summed E-state index contributed by atoms with van der Waals surface area (Å²) >= 11 is 3.56. The molecule has 0 atom stereocenters. The lowest BCUT2D eigenvalue weighted by atomic mass is 10.1. The van der Waals surface area contributed by atoms with Gasteiger partial charge in [0.1, 0.15) is 12.3 Å². The van der Waals surface area contributed by atoms with Crippen LogP contribution < -0.4 is 14.8 Å². The molecule has 3 aromatic rings. The molecule has 0 bridgehead atoms. The van der Waals surface area contributed by atoms with E-state index in [0.717, 1.165) is 16.7 Å². The summed E-state index contributed by atoms with van der Waals surface area (Å²) in [6, 6.07) is 20.8. The van der Waals surface area contributed by atoms with Crippen LogP contribution in [0.25, 0.3) is 6.08 Å². The molecule has 0 aliphatic carbocycles. The predicted octanol–water partition coefficient (Wildman–Crippen LogP) is 5.83. The quantitative estimate of drug-likeness (QED) is 0.299. The van der Waals surface area contributed by atoms with Crippen LogP contribution in [-0.4, -0.2) is 23.4 Å². The van der Waals surface area contributed by atoms with E-state index in [-0.39, 0.29) is 18.1 Å². The number of rotatable bonds is 8. The zero-order chi connectivity index (χ0) is 24.1. The molecule has 7 heteroatoms. The van der Waals surface area contributed by atoms with E-state index in [1.54, 1.807) is 12.1 Å². The molecular formula is C27H25BrN2O4. The SMILES string of the molecule is CCOc1cc(/C=C2/NC(=O)N(Cc3ccc(C)cc3)C2=O)cc(Br)c1OCc1ccccc1. The summed E-state index contributed by atoms with van der Waals surface area (Å²) in [5.74, 6) is 0.757. The van der Waals surface area contributed by atoms with Crippen LogP contribution in [0.3, 0.4) is 0 Å². The zero-order valence-electron chi connectivity index (χ0n) is 19.0. The summed E-state index contributed by atoms with van der Waals surface area (Å²) in [5.41, 5.74) is 3.95. The lowest BCUT2D eigenvalue weighted by Gasteiger charge is -2.15. The summed E-state index contributed by atoms with van der Waals surface area (Å²) < 4.78 is 12.5. The van der Waals surface area contributed by atoms with Gasteiger partial charge in [-0.05, 0) is 64.7 Å². The van der Waals surface area contributed by atoms with Crippen LogP contribution in [0.5, 0.6) is 11.5 Å². The number of carbonyl (C=O) groups is 2. The summed E-state index contributed by atoms with van der Waals surface area (Å²) in [4.78, 5) is 26.6. The van der Waals surface area contributed by atoms with E-state index in [4.69, 9.17) is 9.47 Å². The molecule has 1 heterocycles. The zero-order valence-corrected chi connectivity index (χ0v) is 20.6. The van der Waals surface area contributed by atoms with Crippen molar-refractivity contribution in [1.82, 2.24) is 10.2 Å². The van der Waals surface area contributed by atoms with E-state index in [9.17, 15) is 9.59 Å². The molecule has 1 aliphatic rings. The Morgan fingerprint density at radius 2 is 1.71 bits per heavy atom. The number of amides is 3. The van der Waals surface area contributed by atoms with Gasteiger partial charge in [0, 0.05) is 0 Å². The fourth-order valence-electron chi connectivity index (χ4n) is 3.56. The monoisotopic (exact) mass is 520 g/mol. The number of benzene rings is 3. The molecule has 3 aromatic carbocycles. The minimum Gasteiger partial charge on any atom is -0.490 e. The number of hydrogen-bond acceptors (Lipinski definition) is 4. The van der Waals surface area contributed by atoms with Gasteiger partial charge in [-0.15, -0.1) is 0 Å². The topological polar surface area (TPSA) is 67.9 Å². The van der Waals surface area contributed by atoms with Crippen molar-refractivity contribution in [2.75, 3.05) is 6.61 Å². The largest absolute Gasteiger partial charge is 0.490 e. The van der Waals surface area contributed by atoms with Crippen molar-refractivity contribution in [3.63, 3.8) is 0 Å². The second-order valence-corrected chi connectivity index (χ2v) is 8.76. The predicted molar refractivity (Wildman–Crippen MR) is 134 cm³/mol. The van der Waals surface area contributed by atoms with E-state index >= 15 is 0 Å². The Bertz CT molecular complexity index is 1220. The summed E-state index contributed by atoms with van der Waals surface area (Å²) in [6.45, 7) is 4.94. The van der Waals surface area contributed by atoms with Crippen molar-refractivity contribution < 1.29 is 19.1 Å². The molecule has 174 valence electrons. The van der Waals surface area contributed by atoms with Crippen molar-refractivity contribution in [2.45, 2.75) is 27.0 Å². The molecule has 34 heavy (non-hydrogen) atoms. The molecule has 0 saturated carbocycles. The van der Waals surface area contributed by atoms with Crippen molar-refractivity contribution in [1.29, 1.82) is 0 Å². The van der Waals surface area contributed by atoms with Crippen LogP contribution in [0.2, 0.25) is 0 Å². The maximum Gasteiger partial charge on any atom is 0.329 e. The average molecular weight is 521 g/mol. The molecule has 1 aliphatic heterocycles. The van der Waals surface area contributed by atoms with E-state index in [1.807, 2.05) is 74.5 Å². The summed E-state index contributed by atoms with van der Waals surface area (Å²) in [6.07, 6.45) is 1.64. The number of imide groups is 1. The van der Waals surface area contributed by atoms with Gasteiger partial charge in [0.2, 0.25) is 0 Å². The van der Waals surface area contributed by atoms with Gasteiger partial charge in [-0.1, -0.05) is 60.2 Å². The highest BCUT2D eigenvalue weighted by atomic mass is 79.9. The van der Waals surface area contributed by atoms with Crippen molar-refractivity contribution >= 4 is 33.9 Å². The highest BCUT2D eigenvalue weighted by molar-refractivity contribution is 9.10. The molecule has 0 unspecified atom stereocenters. The summed E-state index contributed by atoms with van der Waals surface area (Å²) in [5, 5.41) is 2.68. The molecular weight excluding hydrogens is 496 g/mol. The molecule has 4 rings (SSSR count). The molecule has 0 spiro atoms. The van der Waals surface area contributed by atoms with Gasteiger partial charge in [-0.25, -0.2) is 4.79 Å². The van der Waals surface area contributed by atoms with Crippen molar-refractivity contribution in [2.24, 2.45) is 0 Å². The third-order valence-electron chi connectivity index (χ3n) is 5.29. The maximum atomic E-state index is 12.9. The van der Waals surface area contributed by atoms with Crippen LogP contribution >= 0.6 is 15.9 Å². The van der Waals surface area contributed by atoms with E-state index < -0.39 is 6.03 Å². The highest BCUT2D eigenvalue weighted by Gasteiger charge is 2.33. The molecule has 0 aromatic heterocycles. The Balaban J connectivity index is 1.55. The standard InChI is InChI=1S/C27H25BrN2O4/c1-3-33-24-15-21(13-22(28)25(24)34-17-20-7-5-4-6-8-20)14-23-26(31)30(27(32)29-23)16-19-11-9-18(2)10-12-19/h4-15H,3,16-17H2,1-2H3,(H,29,32)/b23-14+. The number of halogens is 1. The van der Waals surface area contributed by atoms with Gasteiger partial charge < -0.3 is 14.8 Å². The first-order valence-electron chi connectivity index (χ1n) is 11.0. The van der Waals surface area contributed by atoms with Gasteiger partial charge in [0.05, 0.1) is 17.6 Å². The molecule has 1 N–H and O–H groups in total. The van der Waals surface area contributed by atoms with Crippen LogP contribution in [-0.2, 0) is 17.9 Å². The lowest BCUT2D eigenvalue weighted by Crippen LogP contribution is -2.30. The van der Waals surface area contributed by atoms with Gasteiger partial charge in [0.25, 0.3) is 5.91 Å². The average Bonchev–Trinajstić information content (AvgIpc) is 3.08. The molecule has 1 saturated heterocycles. The minimum absolute atomic E-state index is 0.211. The third-order valence-corrected chi connectivity index (χ3v) is 5.88. The van der Waals surface area contributed by atoms with Crippen LogP contribution in [0.15, 0.2) is 76.9 Å². The van der Waals surface area contributed by atoms with Crippen LogP contribution in [0.1, 0.15) is 29.2 Å². The Morgan fingerprint density at radius 1 is 0.971 bits per heavy atom. The second-order valence-electron chi connectivity index (χ2n) is 7.90. The van der Waals surface area contributed by atoms with E-state index in [0.29, 0.717) is 34.7 Å². The first kappa shape index (κ1) is 23.6. The van der Waals surface area contributed by atoms with Crippen molar-refractivity contribution in [3.8, 4) is 11.5 Å². The highest BCUT2D eigenvalue weighted by Crippen LogP contribution is 2.38. The maximum absolute atomic E-state index is 12.9. The Hall–Kier alpha value is -3.58. The third kappa shape index (κ3) is 5.48. The minimum atomic E-state index is -0.441. The Labute approximate surface area is 207 Å². The number of carbonyl (C=O) groups excluding carboxylic acids is 2. The van der Waals surface area contributed by atoms with E-state index in [2.05, 4.69) is 21.2 Å². The molecule has 0 radical (unpaired) electrons. The first-order valence-corrected chi connectivity index (χ1v) is 11.8. The van der Waals surface area contributed by atoms with Crippen LogP contribution in [0, 0.1) is 6.92 Å². The fourth-order valence-corrected chi connectivity index (χ4v) is 4.14. The lowest BCUT2D eigenvalue weighted by molar-refractivity contribution is -0.123. The van der Waals surface area contributed by atoms with Crippen LogP contribution in [0.4, 0.5) is 4.79 Å². The first-order chi connectivity index (χ1) is 16.4. The van der Waals surface area contributed by atoms with E-state index in [1.165, 1.54) is 4.90 Å². The number of ether oxygens (including phenoxy) is 2. The number of urea groups is 1. The number of nitrogens with one attached hydrogen (secondary N) is 1. The van der Waals surface area contributed by atoms with Crippen molar-refractivity contribution in [3.05, 3.63) is 99.2 Å². The molecule has 3 amide bonds. The Morgan fingerprint density at radius 3 is 2.41 bits per heavy atom. The smallest absolute Gasteiger partial charge is 0.329 e. The molecule has 1 fully saturated rings. The normalized spacial score (nSPS) is 14.4.